The van der Waals surface area contributed by atoms with E-state index in [0.717, 1.165) is 44.6 Å². The number of carbonyl (C=O) groups is 1. The Bertz CT molecular complexity index is 1740. The van der Waals surface area contributed by atoms with Gasteiger partial charge in [0.2, 0.25) is 0 Å². The molecule has 3 aromatic carbocycles. The van der Waals surface area contributed by atoms with Crippen molar-refractivity contribution in [1.82, 2.24) is 9.97 Å². The zero-order valence-corrected chi connectivity index (χ0v) is 19.8. The minimum absolute atomic E-state index is 0.212. The van der Waals surface area contributed by atoms with Crippen LogP contribution in [0.5, 0.6) is 0 Å². The lowest BCUT2D eigenvalue weighted by atomic mass is 10.1. The number of amides is 1. The Labute approximate surface area is 213 Å². The number of pyridine rings is 2. The average molecular weight is 486 g/mol. The third-order valence-electron chi connectivity index (χ3n) is 6.16. The van der Waals surface area contributed by atoms with Gasteiger partial charge in [-0.2, -0.15) is 0 Å². The van der Waals surface area contributed by atoms with E-state index < -0.39 is 0 Å². The summed E-state index contributed by atoms with van der Waals surface area (Å²) in [7, 11) is 0. The van der Waals surface area contributed by atoms with Gasteiger partial charge in [-0.1, -0.05) is 30.3 Å². The summed E-state index contributed by atoms with van der Waals surface area (Å²) < 4.78 is 6.18. The normalized spacial score (nSPS) is 11.1. The summed E-state index contributed by atoms with van der Waals surface area (Å²) in [6.45, 7) is 0.283. The van der Waals surface area contributed by atoms with E-state index in [1.165, 1.54) is 0 Å². The number of nitrogens with two attached hydrogens (primary N) is 1. The van der Waals surface area contributed by atoms with Crippen molar-refractivity contribution in [3.05, 3.63) is 115 Å². The molecule has 6 aromatic rings. The molecule has 0 spiro atoms. The van der Waals surface area contributed by atoms with Gasteiger partial charge in [-0.25, -0.2) is 0 Å². The van der Waals surface area contributed by atoms with Gasteiger partial charge in [-0.15, -0.1) is 0 Å². The summed E-state index contributed by atoms with van der Waals surface area (Å²) in [4.78, 5) is 21.3. The molecule has 3 heterocycles. The van der Waals surface area contributed by atoms with Gasteiger partial charge in [0.05, 0.1) is 11.4 Å². The second kappa shape index (κ2) is 9.56. The van der Waals surface area contributed by atoms with E-state index in [1.54, 1.807) is 24.5 Å². The first-order valence-electron chi connectivity index (χ1n) is 11.9. The maximum atomic E-state index is 12.6. The van der Waals surface area contributed by atoms with Gasteiger partial charge in [0.15, 0.2) is 0 Å². The number of carbonyl (C=O) groups excluding carboxylic acids is 1. The molecule has 0 unspecified atom stereocenters. The average Bonchev–Trinajstić information content (AvgIpc) is 3.33. The fourth-order valence-corrected chi connectivity index (χ4v) is 4.34. The molecule has 37 heavy (non-hydrogen) atoms. The Morgan fingerprint density at radius 2 is 1.57 bits per heavy atom. The number of hydrogen-bond acceptors (Lipinski definition) is 6. The molecule has 4 N–H and O–H groups in total. The molecule has 0 aliphatic rings. The van der Waals surface area contributed by atoms with Crippen LogP contribution in [0.25, 0.3) is 33.2 Å². The Kier molecular flexibility index (Phi) is 5.80. The van der Waals surface area contributed by atoms with Crippen LogP contribution in [0.2, 0.25) is 0 Å². The summed E-state index contributed by atoms with van der Waals surface area (Å²) in [6.07, 6.45) is 3.36. The van der Waals surface area contributed by atoms with Crippen molar-refractivity contribution < 1.29 is 9.21 Å². The number of rotatable bonds is 6. The molecule has 0 fully saturated rings. The van der Waals surface area contributed by atoms with Crippen LogP contribution in [0, 0.1) is 0 Å². The Morgan fingerprint density at radius 1 is 0.784 bits per heavy atom. The lowest BCUT2D eigenvalue weighted by Crippen LogP contribution is -2.13. The van der Waals surface area contributed by atoms with E-state index in [-0.39, 0.29) is 12.5 Å². The molecule has 7 heteroatoms. The zero-order chi connectivity index (χ0) is 25.2. The third-order valence-corrected chi connectivity index (χ3v) is 6.16. The molecule has 0 radical (unpaired) electrons. The van der Waals surface area contributed by atoms with E-state index in [0.29, 0.717) is 16.9 Å². The lowest BCUT2D eigenvalue weighted by molar-refractivity contribution is 0.102. The quantitative estimate of drug-likeness (QED) is 0.249. The summed E-state index contributed by atoms with van der Waals surface area (Å²) in [5.41, 5.74) is 12.7. The van der Waals surface area contributed by atoms with Crippen LogP contribution in [-0.2, 0) is 6.54 Å². The lowest BCUT2D eigenvalue weighted by Gasteiger charge is -2.10. The van der Waals surface area contributed by atoms with Gasteiger partial charge >= 0.3 is 0 Å². The minimum atomic E-state index is -0.212. The number of benzene rings is 3. The fraction of sp³-hybridized carbons (Fsp3) is 0.0333. The monoisotopic (exact) mass is 485 g/mol. The van der Waals surface area contributed by atoms with Crippen LogP contribution in [0.4, 0.5) is 17.1 Å². The van der Waals surface area contributed by atoms with Gasteiger partial charge < -0.3 is 20.8 Å². The standard InChI is InChI=1S/C30H23N5O2/c31-18-23-16-19(12-14-32-23)30(36)35-21-10-8-20(9-11-21)34-22-13-15-33-27(17-22)26-6-3-5-25-24-4-1-2-7-28(24)37-29(25)26/h1-17H,18,31H2,(H,33,34)(H,35,36). The first-order chi connectivity index (χ1) is 18.2. The van der Waals surface area contributed by atoms with Gasteiger partial charge in [0, 0.05) is 57.9 Å². The van der Waals surface area contributed by atoms with Crippen molar-refractivity contribution in [1.29, 1.82) is 0 Å². The van der Waals surface area contributed by atoms with E-state index in [1.807, 2.05) is 66.7 Å². The van der Waals surface area contributed by atoms with Crippen molar-refractivity contribution in [2.45, 2.75) is 6.54 Å². The van der Waals surface area contributed by atoms with Gasteiger partial charge in [0.1, 0.15) is 11.2 Å². The highest BCUT2D eigenvalue weighted by atomic mass is 16.3. The first-order valence-corrected chi connectivity index (χ1v) is 11.9. The highest BCUT2D eigenvalue weighted by Gasteiger charge is 2.13. The molecule has 180 valence electrons. The number of aromatic nitrogens is 2. The highest BCUT2D eigenvalue weighted by molar-refractivity contribution is 6.09. The molecule has 0 saturated carbocycles. The van der Waals surface area contributed by atoms with E-state index in [2.05, 4.69) is 32.7 Å². The van der Waals surface area contributed by atoms with Crippen LogP contribution in [-0.4, -0.2) is 15.9 Å². The number of nitrogens with one attached hydrogen (secondary N) is 2. The van der Waals surface area contributed by atoms with E-state index in [9.17, 15) is 4.79 Å². The molecule has 0 saturated heterocycles. The minimum Gasteiger partial charge on any atom is -0.455 e. The Morgan fingerprint density at radius 3 is 2.43 bits per heavy atom. The SMILES string of the molecule is NCc1cc(C(=O)Nc2ccc(Nc3ccnc(-c4cccc5c4oc4ccccc45)c3)cc2)ccn1. The molecule has 1 amide bonds. The predicted molar refractivity (Wildman–Crippen MR) is 147 cm³/mol. The molecule has 7 nitrogen and oxygen atoms in total. The number of furan rings is 1. The van der Waals surface area contributed by atoms with Gasteiger partial charge in [-0.05, 0) is 60.7 Å². The maximum absolute atomic E-state index is 12.6. The number of nitrogens with zero attached hydrogens (tertiary/aromatic N) is 2. The highest BCUT2D eigenvalue weighted by Crippen LogP contribution is 2.35. The van der Waals surface area contributed by atoms with Crippen molar-refractivity contribution in [2.75, 3.05) is 10.6 Å². The molecular formula is C30H23N5O2. The Balaban J connectivity index is 1.21. The third kappa shape index (κ3) is 4.51. The van der Waals surface area contributed by atoms with E-state index in [4.69, 9.17) is 10.2 Å². The topological polar surface area (TPSA) is 106 Å². The van der Waals surface area contributed by atoms with Crippen molar-refractivity contribution >= 4 is 44.9 Å². The molecule has 0 aliphatic carbocycles. The molecule has 0 aliphatic heterocycles. The summed E-state index contributed by atoms with van der Waals surface area (Å²) in [6, 6.07) is 28.9. The molecular weight excluding hydrogens is 462 g/mol. The van der Waals surface area contributed by atoms with Crippen LogP contribution >= 0.6 is 0 Å². The second-order valence-electron chi connectivity index (χ2n) is 8.61. The summed E-state index contributed by atoms with van der Waals surface area (Å²) >= 11 is 0. The van der Waals surface area contributed by atoms with Gasteiger partial charge in [0.25, 0.3) is 5.91 Å². The van der Waals surface area contributed by atoms with Crippen molar-refractivity contribution in [3.63, 3.8) is 0 Å². The molecule has 0 atom stereocenters. The largest absolute Gasteiger partial charge is 0.455 e. The van der Waals surface area contributed by atoms with Crippen LogP contribution < -0.4 is 16.4 Å². The smallest absolute Gasteiger partial charge is 0.255 e. The Hall–Kier alpha value is -5.01. The molecule has 3 aromatic heterocycles. The number of hydrogen-bond donors (Lipinski definition) is 3. The number of para-hydroxylation sites is 2. The fourth-order valence-electron chi connectivity index (χ4n) is 4.34. The van der Waals surface area contributed by atoms with Crippen LogP contribution in [0.15, 0.2) is 108 Å². The van der Waals surface area contributed by atoms with Crippen molar-refractivity contribution in [2.24, 2.45) is 5.73 Å². The zero-order valence-electron chi connectivity index (χ0n) is 19.8. The summed E-state index contributed by atoms with van der Waals surface area (Å²) in [5, 5.41) is 8.47. The van der Waals surface area contributed by atoms with Crippen molar-refractivity contribution in [3.8, 4) is 11.3 Å². The second-order valence-corrected chi connectivity index (χ2v) is 8.61. The maximum Gasteiger partial charge on any atom is 0.255 e. The van der Waals surface area contributed by atoms with Crippen LogP contribution in [0.1, 0.15) is 16.1 Å². The van der Waals surface area contributed by atoms with Gasteiger partial charge in [-0.3, -0.25) is 14.8 Å². The molecule has 6 rings (SSSR count). The summed E-state index contributed by atoms with van der Waals surface area (Å²) in [5.74, 6) is -0.212. The molecule has 0 bridgehead atoms. The number of anilines is 3. The van der Waals surface area contributed by atoms with Crippen LogP contribution in [0.3, 0.4) is 0 Å². The number of fused-ring (bicyclic) bond motifs is 3. The first kappa shape index (κ1) is 22.5. The predicted octanol–water partition coefficient (Wildman–Crippen LogP) is 6.50. The van der Waals surface area contributed by atoms with E-state index >= 15 is 0 Å².